The third-order valence-corrected chi connectivity index (χ3v) is 6.24. The largest absolute Gasteiger partial charge is 0.466 e. The van der Waals surface area contributed by atoms with E-state index in [0.29, 0.717) is 12.5 Å². The first-order valence-corrected chi connectivity index (χ1v) is 12.9. The zero-order valence-corrected chi connectivity index (χ0v) is 22.6. The number of aromatic nitrogens is 1. The molecule has 2 aromatic rings. The molecule has 2 rings (SSSR count). The van der Waals surface area contributed by atoms with Gasteiger partial charge in [0.05, 0.1) is 12.7 Å². The van der Waals surface area contributed by atoms with Crippen LogP contribution in [0, 0.1) is 5.92 Å². The first kappa shape index (κ1) is 30.8. The van der Waals surface area contributed by atoms with Gasteiger partial charge in [0.25, 0.3) is 11.5 Å². The molecule has 1 heterocycles. The highest BCUT2D eigenvalue weighted by Gasteiger charge is 2.23. The van der Waals surface area contributed by atoms with Crippen molar-refractivity contribution in [2.24, 2.45) is 5.92 Å². The van der Waals surface area contributed by atoms with Crippen LogP contribution in [0.1, 0.15) is 49.9 Å². The number of carbonyl (C=O) groups excluding carboxylic acids is 4. The third kappa shape index (κ3) is 9.76. The number of anilines is 2. The Morgan fingerprint density at radius 1 is 1.08 bits per heavy atom. The summed E-state index contributed by atoms with van der Waals surface area (Å²) >= 11 is 0. The number of pyridine rings is 1. The van der Waals surface area contributed by atoms with E-state index >= 15 is 0 Å². The summed E-state index contributed by atoms with van der Waals surface area (Å²) in [6.45, 7) is 4.43. The van der Waals surface area contributed by atoms with Crippen LogP contribution in [0.4, 0.5) is 11.4 Å². The lowest BCUT2D eigenvalue weighted by atomic mass is 10.0. The van der Waals surface area contributed by atoms with Crippen molar-refractivity contribution in [3.63, 3.8) is 0 Å². The Morgan fingerprint density at radius 2 is 1.79 bits per heavy atom. The van der Waals surface area contributed by atoms with E-state index in [-0.39, 0.29) is 42.2 Å². The van der Waals surface area contributed by atoms with Crippen LogP contribution < -0.4 is 27.2 Å². The first-order chi connectivity index (χ1) is 18.7. The number of nitrogens with zero attached hydrogens (tertiary/aromatic N) is 1. The van der Waals surface area contributed by atoms with Gasteiger partial charge in [-0.25, -0.2) is 4.79 Å². The number of hydrogen-bond acceptors (Lipinski definition) is 7. The maximum atomic E-state index is 13.2. The van der Waals surface area contributed by atoms with Gasteiger partial charge in [-0.3, -0.25) is 19.2 Å². The molecule has 1 atom stereocenters. The van der Waals surface area contributed by atoms with Gasteiger partial charge in [0, 0.05) is 24.5 Å². The molecule has 1 aromatic carbocycles. The second kappa shape index (κ2) is 15.8. The first-order valence-electron chi connectivity index (χ1n) is 12.9. The summed E-state index contributed by atoms with van der Waals surface area (Å²) in [5, 5.41) is 8.04. The summed E-state index contributed by atoms with van der Waals surface area (Å²) in [4.78, 5) is 62.7. The summed E-state index contributed by atoms with van der Waals surface area (Å²) in [6, 6.07) is 8.33. The monoisotopic (exact) mass is 539 g/mol. The lowest BCUT2D eigenvalue weighted by Gasteiger charge is -2.19. The van der Waals surface area contributed by atoms with Gasteiger partial charge in [-0.1, -0.05) is 44.9 Å². The summed E-state index contributed by atoms with van der Waals surface area (Å²) in [6.07, 6.45) is 6.45. The van der Waals surface area contributed by atoms with E-state index < -0.39 is 29.4 Å². The van der Waals surface area contributed by atoms with Gasteiger partial charge in [-0.05, 0) is 43.0 Å². The molecule has 11 heteroatoms. The van der Waals surface area contributed by atoms with Crippen molar-refractivity contribution in [3.8, 4) is 0 Å². The predicted molar refractivity (Wildman–Crippen MR) is 149 cm³/mol. The van der Waals surface area contributed by atoms with Gasteiger partial charge in [0.1, 0.15) is 18.3 Å². The molecule has 0 aliphatic rings. The zero-order chi connectivity index (χ0) is 28.8. The van der Waals surface area contributed by atoms with Crippen molar-refractivity contribution in [1.29, 1.82) is 0 Å². The molecular weight excluding hydrogens is 502 g/mol. The number of benzene rings is 1. The molecule has 1 aromatic heterocycles. The molecule has 210 valence electrons. The van der Waals surface area contributed by atoms with E-state index in [9.17, 15) is 24.0 Å². The van der Waals surface area contributed by atoms with Crippen molar-refractivity contribution in [2.45, 2.75) is 52.1 Å². The fraction of sp³-hybridized carbons (Fsp3) is 0.393. The van der Waals surface area contributed by atoms with Gasteiger partial charge in [0.15, 0.2) is 0 Å². The van der Waals surface area contributed by atoms with Gasteiger partial charge in [-0.15, -0.1) is 0 Å². The molecule has 39 heavy (non-hydrogen) atoms. The second-order valence-corrected chi connectivity index (χ2v) is 8.95. The summed E-state index contributed by atoms with van der Waals surface area (Å²) in [5.41, 5.74) is 5.73. The molecule has 0 saturated heterocycles. The molecule has 0 bridgehead atoms. The lowest BCUT2D eigenvalue weighted by molar-refractivity contribution is -0.134. The van der Waals surface area contributed by atoms with Gasteiger partial charge < -0.3 is 31.0 Å². The van der Waals surface area contributed by atoms with Crippen LogP contribution in [0.2, 0.25) is 0 Å². The number of ether oxygens (including phenoxy) is 1. The molecule has 11 nitrogen and oxygen atoms in total. The normalized spacial score (nSPS) is 11.7. The summed E-state index contributed by atoms with van der Waals surface area (Å²) in [5.74, 6) is -1.71. The van der Waals surface area contributed by atoms with E-state index in [0.717, 1.165) is 12.8 Å². The molecule has 3 amide bonds. The minimum Gasteiger partial charge on any atom is -0.466 e. The summed E-state index contributed by atoms with van der Waals surface area (Å²) < 4.78 is 5.76. The number of amides is 3. The number of esters is 1. The molecule has 0 aliphatic carbocycles. The Morgan fingerprint density at radius 3 is 2.46 bits per heavy atom. The number of hydrogen-bond donors (Lipinski definition) is 4. The SMILES string of the molecule is CCC(CC)CNC(=O)Cn1cccc(NC(=O)[C@H](CCC=CC(=O)OC)NC(=O)c2ccccc2N)c1=O. The van der Waals surface area contributed by atoms with Crippen LogP contribution in [-0.2, 0) is 25.7 Å². The minimum absolute atomic E-state index is 0.0427. The topological polar surface area (TPSA) is 162 Å². The Hall–Kier alpha value is -4.41. The van der Waals surface area contributed by atoms with Crippen LogP contribution in [0.15, 0.2) is 59.5 Å². The van der Waals surface area contributed by atoms with E-state index in [2.05, 4.69) is 34.5 Å². The highest BCUT2D eigenvalue weighted by atomic mass is 16.5. The van der Waals surface area contributed by atoms with Crippen molar-refractivity contribution >= 4 is 35.1 Å². The summed E-state index contributed by atoms with van der Waals surface area (Å²) in [7, 11) is 1.25. The minimum atomic E-state index is -1.06. The number of allylic oxidation sites excluding steroid dienone is 1. The van der Waals surface area contributed by atoms with E-state index in [4.69, 9.17) is 5.73 Å². The average molecular weight is 540 g/mol. The molecule has 0 aliphatic heterocycles. The number of nitrogens with one attached hydrogen (secondary N) is 3. The van der Waals surface area contributed by atoms with E-state index in [1.54, 1.807) is 24.3 Å². The highest BCUT2D eigenvalue weighted by Crippen LogP contribution is 2.12. The molecule has 5 N–H and O–H groups in total. The van der Waals surface area contributed by atoms with Gasteiger partial charge in [0.2, 0.25) is 11.8 Å². The van der Waals surface area contributed by atoms with Gasteiger partial charge >= 0.3 is 5.97 Å². The van der Waals surface area contributed by atoms with E-state index in [1.807, 2.05) is 0 Å². The fourth-order valence-electron chi connectivity index (χ4n) is 3.74. The van der Waals surface area contributed by atoms with Crippen molar-refractivity contribution in [3.05, 3.63) is 70.7 Å². The Labute approximate surface area is 227 Å². The molecule has 0 saturated carbocycles. The molecule has 0 radical (unpaired) electrons. The Kier molecular flexibility index (Phi) is 12.4. The fourth-order valence-corrected chi connectivity index (χ4v) is 3.74. The number of nitrogen functional groups attached to an aromatic ring is 1. The number of nitrogens with two attached hydrogens (primary N) is 1. The number of para-hydroxylation sites is 1. The Bertz CT molecular complexity index is 1230. The third-order valence-electron chi connectivity index (χ3n) is 6.24. The second-order valence-electron chi connectivity index (χ2n) is 8.95. The van der Waals surface area contributed by atoms with Crippen LogP contribution >= 0.6 is 0 Å². The number of methoxy groups -OCH3 is 1. The van der Waals surface area contributed by atoms with Crippen LogP contribution in [0.25, 0.3) is 0 Å². The number of carbonyl (C=O) groups is 4. The van der Waals surface area contributed by atoms with Crippen LogP contribution in [0.3, 0.4) is 0 Å². The van der Waals surface area contributed by atoms with Crippen molar-refractivity contribution in [2.75, 3.05) is 24.7 Å². The smallest absolute Gasteiger partial charge is 0.330 e. The van der Waals surface area contributed by atoms with E-state index in [1.165, 1.54) is 42.2 Å². The molecule has 0 fully saturated rings. The Balaban J connectivity index is 2.16. The van der Waals surface area contributed by atoms with Crippen molar-refractivity contribution < 1.29 is 23.9 Å². The maximum Gasteiger partial charge on any atom is 0.330 e. The highest BCUT2D eigenvalue weighted by molar-refractivity contribution is 6.03. The zero-order valence-electron chi connectivity index (χ0n) is 22.6. The van der Waals surface area contributed by atoms with Crippen molar-refractivity contribution in [1.82, 2.24) is 15.2 Å². The molecule has 0 unspecified atom stereocenters. The average Bonchev–Trinajstić information content (AvgIpc) is 2.93. The maximum absolute atomic E-state index is 13.2. The quantitative estimate of drug-likeness (QED) is 0.163. The predicted octanol–water partition coefficient (Wildman–Crippen LogP) is 2.23. The lowest BCUT2D eigenvalue weighted by Crippen LogP contribution is -2.45. The van der Waals surface area contributed by atoms with Gasteiger partial charge in [-0.2, -0.15) is 0 Å². The van der Waals surface area contributed by atoms with Crippen LogP contribution in [0.5, 0.6) is 0 Å². The molecular formula is C28H37N5O6. The van der Waals surface area contributed by atoms with Crippen LogP contribution in [-0.4, -0.2) is 48.0 Å². The standard InChI is InChI=1S/C28H37N5O6/c1-4-19(5-2)17-30-24(34)18-33-16-10-14-23(28(33)38)32-27(37)22(13-8-9-15-25(35)39-3)31-26(36)20-11-6-7-12-21(20)29/h6-7,9-12,14-16,19,22H,4-5,8,13,17-18,29H2,1-3H3,(H,30,34)(H,31,36)(H,32,37)/t22-/m0/s1. The molecule has 0 spiro atoms. The number of rotatable bonds is 14.